The van der Waals surface area contributed by atoms with E-state index in [9.17, 15) is 4.79 Å². The van der Waals surface area contributed by atoms with Gasteiger partial charge in [-0.3, -0.25) is 0 Å². The largest absolute Gasteiger partial charge is 0.459 e. The Morgan fingerprint density at radius 3 is 2.88 bits per heavy atom. The number of carbonyl (C=O) groups excluding carboxylic acids is 1. The van der Waals surface area contributed by atoms with Gasteiger partial charge < -0.3 is 9.47 Å². The van der Waals surface area contributed by atoms with Crippen molar-refractivity contribution in [2.24, 2.45) is 5.92 Å². The average Bonchev–Trinajstić information content (AvgIpc) is 2.54. The van der Waals surface area contributed by atoms with Crippen molar-refractivity contribution < 1.29 is 14.3 Å². The summed E-state index contributed by atoms with van der Waals surface area (Å²) in [6.45, 7) is 2.29. The molecule has 24 heavy (non-hydrogen) atoms. The number of halogens is 3. The summed E-state index contributed by atoms with van der Waals surface area (Å²) < 4.78 is 12.3. The van der Waals surface area contributed by atoms with Gasteiger partial charge in [-0.15, -0.1) is 0 Å². The van der Waals surface area contributed by atoms with Gasteiger partial charge in [-0.05, 0) is 50.3 Å². The number of alkyl halides is 1. The second-order valence-corrected chi connectivity index (χ2v) is 9.26. The smallest absolute Gasteiger partial charge is 0.339 e. The van der Waals surface area contributed by atoms with E-state index < -0.39 is 11.6 Å². The van der Waals surface area contributed by atoms with Crippen LogP contribution in [-0.2, 0) is 9.47 Å². The molecule has 1 saturated carbocycles. The first-order valence-corrected chi connectivity index (χ1v) is 10.3. The van der Waals surface area contributed by atoms with Gasteiger partial charge in [0.2, 0.25) is 0 Å². The van der Waals surface area contributed by atoms with Crippen LogP contribution in [0.15, 0.2) is 18.2 Å². The highest BCUT2D eigenvalue weighted by molar-refractivity contribution is 14.1. The molecular weight excluding hydrogens is 462 g/mol. The van der Waals surface area contributed by atoms with Gasteiger partial charge in [0, 0.05) is 8.95 Å². The predicted octanol–water partition coefficient (Wildman–Crippen LogP) is 5.69. The number of hydrogen-bond donors (Lipinski definition) is 0. The van der Waals surface area contributed by atoms with Crippen molar-refractivity contribution in [1.29, 1.82) is 0 Å². The van der Waals surface area contributed by atoms with E-state index in [-0.39, 0.29) is 6.61 Å². The molecule has 132 valence electrons. The Kier molecular flexibility index (Phi) is 6.00. The number of fused-ring (bicyclic) bond motifs is 1. The molecule has 0 radical (unpaired) electrons. The molecular formula is C18H21Cl2IO3. The minimum Gasteiger partial charge on any atom is -0.459 e. The first kappa shape index (κ1) is 18.7. The van der Waals surface area contributed by atoms with Crippen LogP contribution >= 0.6 is 45.8 Å². The number of carbonyl (C=O) groups is 1. The minimum atomic E-state index is -0.451. The van der Waals surface area contributed by atoms with Gasteiger partial charge in [0.05, 0.1) is 16.7 Å². The Bertz CT molecular complexity index is 624. The van der Waals surface area contributed by atoms with Gasteiger partial charge in [0.25, 0.3) is 0 Å². The Labute approximate surface area is 166 Å². The fourth-order valence-corrected chi connectivity index (χ4v) is 5.06. The molecule has 0 spiro atoms. The fourth-order valence-electron chi connectivity index (χ4n) is 3.60. The summed E-state index contributed by atoms with van der Waals surface area (Å²) in [5, 5.41) is 0.801. The summed E-state index contributed by atoms with van der Waals surface area (Å²) in [4.78, 5) is 12.3. The van der Waals surface area contributed by atoms with Gasteiger partial charge >= 0.3 is 5.97 Å². The van der Waals surface area contributed by atoms with E-state index in [0.29, 0.717) is 31.6 Å². The van der Waals surface area contributed by atoms with Crippen LogP contribution < -0.4 is 0 Å². The molecule has 4 unspecified atom stereocenters. The van der Waals surface area contributed by atoms with Crippen molar-refractivity contribution in [3.05, 3.63) is 33.8 Å². The first-order valence-electron chi connectivity index (χ1n) is 8.33. The van der Waals surface area contributed by atoms with Crippen LogP contribution in [0.4, 0.5) is 0 Å². The molecule has 3 nitrogen and oxygen atoms in total. The highest BCUT2D eigenvalue weighted by atomic mass is 127. The predicted molar refractivity (Wildman–Crippen MR) is 104 cm³/mol. The number of rotatable bonds is 3. The molecule has 3 rings (SSSR count). The third-order valence-corrected chi connectivity index (χ3v) is 7.45. The molecule has 4 atom stereocenters. The maximum atomic E-state index is 12.3. The zero-order valence-corrected chi connectivity index (χ0v) is 17.2. The lowest BCUT2D eigenvalue weighted by atomic mass is 9.78. The van der Waals surface area contributed by atoms with Crippen molar-refractivity contribution in [2.45, 2.75) is 54.7 Å². The third-order valence-electron chi connectivity index (χ3n) is 5.07. The van der Waals surface area contributed by atoms with E-state index >= 15 is 0 Å². The molecule has 0 amide bonds. The number of esters is 1. The molecule has 2 aliphatic rings. The lowest BCUT2D eigenvalue weighted by Crippen LogP contribution is -2.53. The molecule has 0 N–H and O–H groups in total. The SMILES string of the molecule is CC1(COC(=O)c2ccc(Cl)cc2Cl)OC2CCCCC2CC1I. The van der Waals surface area contributed by atoms with Crippen molar-refractivity contribution in [2.75, 3.05) is 6.61 Å². The van der Waals surface area contributed by atoms with Gasteiger partial charge in [0.1, 0.15) is 12.2 Å². The molecule has 1 aromatic carbocycles. The summed E-state index contributed by atoms with van der Waals surface area (Å²) in [5.74, 6) is 0.214. The molecule has 2 fully saturated rings. The second-order valence-electron chi connectivity index (χ2n) is 6.92. The molecule has 6 heteroatoms. The molecule has 1 aliphatic heterocycles. The third kappa shape index (κ3) is 4.02. The average molecular weight is 483 g/mol. The highest BCUT2D eigenvalue weighted by Crippen LogP contribution is 2.43. The molecule has 0 aromatic heterocycles. The van der Waals surface area contributed by atoms with Crippen LogP contribution in [-0.4, -0.2) is 28.2 Å². The van der Waals surface area contributed by atoms with Crippen LogP contribution in [0.25, 0.3) is 0 Å². The zero-order chi connectivity index (χ0) is 17.3. The highest BCUT2D eigenvalue weighted by Gasteiger charge is 2.46. The Balaban J connectivity index is 1.65. The van der Waals surface area contributed by atoms with E-state index in [0.717, 1.165) is 12.8 Å². The van der Waals surface area contributed by atoms with E-state index in [1.165, 1.54) is 19.3 Å². The summed E-state index contributed by atoms with van der Waals surface area (Å²) in [7, 11) is 0. The van der Waals surface area contributed by atoms with Crippen LogP contribution in [0.3, 0.4) is 0 Å². The molecule has 0 bridgehead atoms. The Hall–Kier alpha value is -0.0400. The normalized spacial score (nSPS) is 32.9. The molecule has 1 heterocycles. The standard InChI is InChI=1S/C18H21Cl2IO3/c1-18(16(21)8-11-4-2-3-5-15(11)24-18)10-23-17(22)13-7-6-12(19)9-14(13)20/h6-7,9,11,15-16H,2-5,8,10H2,1H3. The lowest BCUT2D eigenvalue weighted by Gasteiger charge is -2.47. The minimum absolute atomic E-state index is 0.238. The maximum Gasteiger partial charge on any atom is 0.339 e. The van der Waals surface area contributed by atoms with Gasteiger partial charge in [-0.1, -0.05) is 58.6 Å². The van der Waals surface area contributed by atoms with Crippen LogP contribution in [0.5, 0.6) is 0 Å². The molecule has 1 aromatic rings. The van der Waals surface area contributed by atoms with Gasteiger partial charge in [-0.25, -0.2) is 4.79 Å². The maximum absolute atomic E-state index is 12.3. The van der Waals surface area contributed by atoms with Crippen molar-refractivity contribution in [1.82, 2.24) is 0 Å². The summed E-state index contributed by atoms with van der Waals surface area (Å²) in [5.41, 5.74) is -0.116. The number of benzene rings is 1. The topological polar surface area (TPSA) is 35.5 Å². The fraction of sp³-hybridized carbons (Fsp3) is 0.611. The van der Waals surface area contributed by atoms with E-state index in [1.807, 2.05) is 6.92 Å². The van der Waals surface area contributed by atoms with Gasteiger partial charge in [-0.2, -0.15) is 0 Å². The Morgan fingerprint density at radius 2 is 2.12 bits per heavy atom. The lowest BCUT2D eigenvalue weighted by molar-refractivity contribution is -0.165. The quantitative estimate of drug-likeness (QED) is 0.315. The Morgan fingerprint density at radius 1 is 1.38 bits per heavy atom. The number of hydrogen-bond acceptors (Lipinski definition) is 3. The second kappa shape index (κ2) is 7.68. The van der Waals surface area contributed by atoms with Crippen molar-refractivity contribution in [3.63, 3.8) is 0 Å². The molecule has 1 aliphatic carbocycles. The zero-order valence-electron chi connectivity index (χ0n) is 13.6. The van der Waals surface area contributed by atoms with Crippen molar-refractivity contribution >= 4 is 51.8 Å². The van der Waals surface area contributed by atoms with Crippen LogP contribution in [0.1, 0.15) is 49.4 Å². The van der Waals surface area contributed by atoms with E-state index in [1.54, 1.807) is 18.2 Å². The first-order chi connectivity index (χ1) is 11.4. The monoisotopic (exact) mass is 482 g/mol. The van der Waals surface area contributed by atoms with Crippen LogP contribution in [0, 0.1) is 5.92 Å². The summed E-state index contributed by atoms with van der Waals surface area (Å²) in [6, 6.07) is 4.78. The molecule has 1 saturated heterocycles. The van der Waals surface area contributed by atoms with Crippen LogP contribution in [0.2, 0.25) is 10.0 Å². The van der Waals surface area contributed by atoms with Crippen molar-refractivity contribution in [3.8, 4) is 0 Å². The summed E-state index contributed by atoms with van der Waals surface area (Å²) >= 11 is 14.4. The van der Waals surface area contributed by atoms with E-state index in [2.05, 4.69) is 22.6 Å². The summed E-state index contributed by atoms with van der Waals surface area (Å²) in [6.07, 6.45) is 6.31. The van der Waals surface area contributed by atoms with Gasteiger partial charge in [0.15, 0.2) is 0 Å². The van der Waals surface area contributed by atoms with E-state index in [4.69, 9.17) is 32.7 Å². The number of ether oxygens (including phenoxy) is 2.